The molecule has 2 atom stereocenters. The molecule has 4 heteroatoms. The van der Waals surface area contributed by atoms with Crippen LogP contribution >= 0.6 is 27.3 Å². The van der Waals surface area contributed by atoms with Crippen molar-refractivity contribution in [3.63, 3.8) is 0 Å². The SMILES string of the molecule is CC1CCCC(c2cc(Br)sc2C(=O)O)C1. The molecule has 1 fully saturated rings. The maximum atomic E-state index is 11.1. The first-order chi connectivity index (χ1) is 7.58. The second-order valence-electron chi connectivity index (χ2n) is 4.61. The van der Waals surface area contributed by atoms with Gasteiger partial charge in [0.15, 0.2) is 0 Å². The lowest BCUT2D eigenvalue weighted by molar-refractivity contribution is 0.0700. The fraction of sp³-hybridized carbons (Fsp3) is 0.583. The lowest BCUT2D eigenvalue weighted by atomic mass is 9.79. The van der Waals surface area contributed by atoms with E-state index in [1.165, 1.54) is 24.2 Å². The van der Waals surface area contributed by atoms with Gasteiger partial charge in [-0.15, -0.1) is 11.3 Å². The minimum absolute atomic E-state index is 0.442. The van der Waals surface area contributed by atoms with Crippen LogP contribution in [0, 0.1) is 5.92 Å². The minimum Gasteiger partial charge on any atom is -0.477 e. The third-order valence-electron chi connectivity index (χ3n) is 3.30. The fourth-order valence-corrected chi connectivity index (χ4v) is 4.10. The quantitative estimate of drug-likeness (QED) is 0.873. The smallest absolute Gasteiger partial charge is 0.346 e. The van der Waals surface area contributed by atoms with Crippen LogP contribution in [0.1, 0.15) is 53.8 Å². The Morgan fingerprint density at radius 1 is 1.56 bits per heavy atom. The second kappa shape index (κ2) is 4.88. The summed E-state index contributed by atoms with van der Waals surface area (Å²) in [5.41, 5.74) is 1.04. The summed E-state index contributed by atoms with van der Waals surface area (Å²) in [7, 11) is 0. The van der Waals surface area contributed by atoms with Crippen molar-refractivity contribution in [3.05, 3.63) is 20.3 Å². The van der Waals surface area contributed by atoms with Crippen molar-refractivity contribution in [1.82, 2.24) is 0 Å². The average Bonchev–Trinajstić information content (AvgIpc) is 2.60. The van der Waals surface area contributed by atoms with E-state index < -0.39 is 5.97 Å². The van der Waals surface area contributed by atoms with Gasteiger partial charge in [0.25, 0.3) is 0 Å². The van der Waals surface area contributed by atoms with Crippen LogP contribution in [0.4, 0.5) is 0 Å². The van der Waals surface area contributed by atoms with E-state index in [1.54, 1.807) is 0 Å². The number of thiophene rings is 1. The average molecular weight is 303 g/mol. The van der Waals surface area contributed by atoms with Gasteiger partial charge in [-0.05, 0) is 52.2 Å². The van der Waals surface area contributed by atoms with Gasteiger partial charge >= 0.3 is 5.97 Å². The molecule has 1 aliphatic rings. The molecule has 0 radical (unpaired) electrons. The number of rotatable bonds is 2. The van der Waals surface area contributed by atoms with E-state index in [9.17, 15) is 4.79 Å². The Labute approximate surface area is 108 Å². The van der Waals surface area contributed by atoms with Crippen molar-refractivity contribution in [2.45, 2.75) is 38.5 Å². The molecular weight excluding hydrogens is 288 g/mol. The zero-order valence-electron chi connectivity index (χ0n) is 9.20. The summed E-state index contributed by atoms with van der Waals surface area (Å²) in [6.45, 7) is 2.26. The number of carbonyl (C=O) groups is 1. The fourth-order valence-electron chi connectivity index (χ4n) is 2.56. The zero-order valence-corrected chi connectivity index (χ0v) is 11.6. The molecule has 1 N–H and O–H groups in total. The summed E-state index contributed by atoms with van der Waals surface area (Å²) >= 11 is 4.72. The highest BCUT2D eigenvalue weighted by molar-refractivity contribution is 9.11. The number of hydrogen-bond acceptors (Lipinski definition) is 2. The summed E-state index contributed by atoms with van der Waals surface area (Å²) in [6, 6.07) is 2.00. The number of aromatic carboxylic acids is 1. The molecule has 0 bridgehead atoms. The van der Waals surface area contributed by atoms with E-state index in [1.807, 2.05) is 6.07 Å². The summed E-state index contributed by atoms with van der Waals surface area (Å²) in [5, 5.41) is 9.17. The lowest BCUT2D eigenvalue weighted by Gasteiger charge is -2.26. The van der Waals surface area contributed by atoms with Crippen molar-refractivity contribution in [1.29, 1.82) is 0 Å². The van der Waals surface area contributed by atoms with Crippen molar-refractivity contribution >= 4 is 33.2 Å². The monoisotopic (exact) mass is 302 g/mol. The highest BCUT2D eigenvalue weighted by atomic mass is 79.9. The summed E-state index contributed by atoms with van der Waals surface area (Å²) in [5.74, 6) is 0.375. The Morgan fingerprint density at radius 2 is 2.31 bits per heavy atom. The topological polar surface area (TPSA) is 37.3 Å². The normalized spacial score (nSPS) is 25.6. The molecular formula is C12H15BrO2S. The molecule has 2 unspecified atom stereocenters. The van der Waals surface area contributed by atoms with Crippen molar-refractivity contribution in [2.75, 3.05) is 0 Å². The molecule has 0 amide bonds. The highest BCUT2D eigenvalue weighted by Gasteiger charge is 2.26. The van der Waals surface area contributed by atoms with Crippen molar-refractivity contribution in [3.8, 4) is 0 Å². The third kappa shape index (κ3) is 2.48. The Hall–Kier alpha value is -0.350. The van der Waals surface area contributed by atoms with E-state index in [0.717, 1.165) is 28.1 Å². The van der Waals surface area contributed by atoms with Gasteiger partial charge in [0, 0.05) is 0 Å². The van der Waals surface area contributed by atoms with Crippen LogP contribution in [0.15, 0.2) is 9.85 Å². The van der Waals surface area contributed by atoms with Crippen LogP contribution in [0.3, 0.4) is 0 Å². The predicted octanol–water partition coefficient (Wildman–Crippen LogP) is 4.50. The van der Waals surface area contributed by atoms with Gasteiger partial charge in [0.05, 0.1) is 3.79 Å². The van der Waals surface area contributed by atoms with Gasteiger partial charge in [-0.1, -0.05) is 19.8 Å². The molecule has 2 rings (SSSR count). The Morgan fingerprint density at radius 3 is 2.94 bits per heavy atom. The van der Waals surface area contributed by atoms with Crippen LogP contribution < -0.4 is 0 Å². The first kappa shape index (κ1) is 12.1. The number of carboxylic acids is 1. The standard InChI is InChI=1S/C12H15BrO2S/c1-7-3-2-4-8(5-7)9-6-10(13)16-11(9)12(14)15/h6-8H,2-5H2,1H3,(H,14,15). The van der Waals surface area contributed by atoms with Gasteiger partial charge in [-0.3, -0.25) is 0 Å². The van der Waals surface area contributed by atoms with Crippen LogP contribution in [-0.4, -0.2) is 11.1 Å². The van der Waals surface area contributed by atoms with Gasteiger partial charge in [-0.2, -0.15) is 0 Å². The Bertz CT molecular complexity index is 400. The lowest BCUT2D eigenvalue weighted by Crippen LogP contribution is -2.13. The summed E-state index contributed by atoms with van der Waals surface area (Å²) in [6.07, 6.45) is 4.76. The van der Waals surface area contributed by atoms with Crippen LogP contribution in [0.5, 0.6) is 0 Å². The van der Waals surface area contributed by atoms with Crippen molar-refractivity contribution in [2.24, 2.45) is 5.92 Å². The Balaban J connectivity index is 2.28. The molecule has 1 aromatic heterocycles. The maximum Gasteiger partial charge on any atom is 0.346 e. The van der Waals surface area contributed by atoms with Gasteiger partial charge in [0.1, 0.15) is 4.88 Å². The number of carboxylic acid groups (broad SMARTS) is 1. The minimum atomic E-state index is -0.788. The molecule has 0 spiro atoms. The van der Waals surface area contributed by atoms with E-state index >= 15 is 0 Å². The highest BCUT2D eigenvalue weighted by Crippen LogP contribution is 2.41. The van der Waals surface area contributed by atoms with E-state index in [-0.39, 0.29) is 0 Å². The van der Waals surface area contributed by atoms with Crippen LogP contribution in [0.2, 0.25) is 0 Å². The van der Waals surface area contributed by atoms with E-state index in [0.29, 0.717) is 10.8 Å². The first-order valence-electron chi connectivity index (χ1n) is 5.60. The molecule has 0 aromatic carbocycles. The molecule has 0 saturated heterocycles. The molecule has 88 valence electrons. The largest absolute Gasteiger partial charge is 0.477 e. The van der Waals surface area contributed by atoms with Crippen LogP contribution in [0.25, 0.3) is 0 Å². The van der Waals surface area contributed by atoms with Gasteiger partial charge < -0.3 is 5.11 Å². The van der Waals surface area contributed by atoms with E-state index in [2.05, 4.69) is 22.9 Å². The maximum absolute atomic E-state index is 11.1. The molecule has 0 aliphatic heterocycles. The molecule has 1 aliphatic carbocycles. The van der Waals surface area contributed by atoms with E-state index in [4.69, 9.17) is 5.11 Å². The summed E-state index contributed by atoms with van der Waals surface area (Å²) < 4.78 is 0.929. The van der Waals surface area contributed by atoms with Gasteiger partial charge in [0.2, 0.25) is 0 Å². The van der Waals surface area contributed by atoms with Gasteiger partial charge in [-0.25, -0.2) is 4.79 Å². The third-order valence-corrected chi connectivity index (χ3v) is 4.94. The molecule has 2 nitrogen and oxygen atoms in total. The molecule has 1 saturated carbocycles. The number of hydrogen-bond donors (Lipinski definition) is 1. The first-order valence-corrected chi connectivity index (χ1v) is 7.21. The molecule has 1 heterocycles. The number of halogens is 1. The Kier molecular flexibility index (Phi) is 3.70. The summed E-state index contributed by atoms with van der Waals surface area (Å²) in [4.78, 5) is 11.7. The van der Waals surface area contributed by atoms with Crippen LogP contribution in [-0.2, 0) is 0 Å². The predicted molar refractivity (Wildman–Crippen MR) is 69.4 cm³/mol. The second-order valence-corrected chi connectivity index (χ2v) is 7.04. The molecule has 16 heavy (non-hydrogen) atoms. The molecule has 1 aromatic rings. The van der Waals surface area contributed by atoms with Crippen molar-refractivity contribution < 1.29 is 9.90 Å². The zero-order chi connectivity index (χ0) is 11.7.